The molecular formula is C14H20N4. The molecule has 4 N–H and O–H groups in total. The number of hydrogen-bond acceptors (Lipinski definition) is 2. The zero-order valence-corrected chi connectivity index (χ0v) is 10.5. The van der Waals surface area contributed by atoms with E-state index in [4.69, 9.17) is 5.84 Å². The number of nitrogens with zero attached hydrogens (tertiary/aromatic N) is 1. The highest BCUT2D eigenvalue weighted by Crippen LogP contribution is 2.61. The first-order chi connectivity index (χ1) is 8.82. The normalized spacial score (nSPS) is 21.5. The van der Waals surface area contributed by atoms with Crippen molar-refractivity contribution in [1.29, 1.82) is 0 Å². The Morgan fingerprint density at radius 1 is 1.28 bits per heavy atom. The van der Waals surface area contributed by atoms with Gasteiger partial charge in [-0.15, -0.1) is 0 Å². The molecule has 0 bridgehead atoms. The molecule has 3 rings (SSSR count). The fraction of sp³-hybridized carbons (Fsp3) is 0.500. The van der Waals surface area contributed by atoms with Crippen molar-refractivity contribution in [3.8, 4) is 0 Å². The van der Waals surface area contributed by atoms with E-state index < -0.39 is 0 Å². The van der Waals surface area contributed by atoms with Crippen LogP contribution >= 0.6 is 0 Å². The van der Waals surface area contributed by atoms with Gasteiger partial charge in [0.25, 0.3) is 0 Å². The van der Waals surface area contributed by atoms with Crippen LogP contribution in [0.3, 0.4) is 0 Å². The number of aliphatic imine (C=N–C) groups is 1. The fourth-order valence-corrected chi connectivity index (χ4v) is 2.57. The van der Waals surface area contributed by atoms with Gasteiger partial charge in [0.2, 0.25) is 5.96 Å². The topological polar surface area (TPSA) is 62.4 Å². The standard InChI is InChI=1S/C14H20N4/c15-18-13(17-12-4-2-1-3-5-12)16-10-14(8-9-14)11-6-7-11/h1-5,11H,6-10,15H2,(H2,16,17,18). The van der Waals surface area contributed by atoms with Gasteiger partial charge in [0.15, 0.2) is 0 Å². The zero-order chi connectivity index (χ0) is 12.4. The first-order valence-corrected chi connectivity index (χ1v) is 6.66. The Labute approximate surface area is 108 Å². The molecule has 1 aromatic rings. The highest BCUT2D eigenvalue weighted by Gasteiger charge is 2.53. The van der Waals surface area contributed by atoms with E-state index in [1.54, 1.807) is 0 Å². The van der Waals surface area contributed by atoms with Gasteiger partial charge in [-0.25, -0.2) is 5.84 Å². The molecule has 0 aromatic heterocycles. The lowest BCUT2D eigenvalue weighted by Gasteiger charge is -2.13. The van der Waals surface area contributed by atoms with Gasteiger partial charge in [0.1, 0.15) is 0 Å². The molecule has 0 aliphatic heterocycles. The van der Waals surface area contributed by atoms with Crippen molar-refractivity contribution in [1.82, 2.24) is 5.43 Å². The second-order valence-corrected chi connectivity index (χ2v) is 5.44. The average Bonchev–Trinajstić information content (AvgIpc) is 3.28. The maximum absolute atomic E-state index is 5.52. The number of hydrogen-bond donors (Lipinski definition) is 3. The van der Waals surface area contributed by atoms with Crippen LogP contribution in [0.15, 0.2) is 35.3 Å². The molecule has 0 heterocycles. The molecule has 0 saturated heterocycles. The van der Waals surface area contributed by atoms with Crippen molar-refractivity contribution in [3.05, 3.63) is 30.3 Å². The summed E-state index contributed by atoms with van der Waals surface area (Å²) >= 11 is 0. The second-order valence-electron chi connectivity index (χ2n) is 5.44. The molecular weight excluding hydrogens is 224 g/mol. The van der Waals surface area contributed by atoms with Crippen LogP contribution in [0.4, 0.5) is 5.69 Å². The third-order valence-electron chi connectivity index (χ3n) is 4.06. The van der Waals surface area contributed by atoms with Crippen molar-refractivity contribution in [2.45, 2.75) is 25.7 Å². The first-order valence-electron chi connectivity index (χ1n) is 6.66. The molecule has 2 aliphatic carbocycles. The molecule has 0 unspecified atom stereocenters. The molecule has 0 spiro atoms. The van der Waals surface area contributed by atoms with E-state index >= 15 is 0 Å². The van der Waals surface area contributed by atoms with Crippen molar-refractivity contribution in [2.24, 2.45) is 22.2 Å². The maximum atomic E-state index is 5.52. The van der Waals surface area contributed by atoms with E-state index in [-0.39, 0.29) is 0 Å². The largest absolute Gasteiger partial charge is 0.325 e. The van der Waals surface area contributed by atoms with Crippen LogP contribution in [0.25, 0.3) is 0 Å². The fourth-order valence-electron chi connectivity index (χ4n) is 2.57. The quantitative estimate of drug-likeness (QED) is 0.329. The number of benzene rings is 1. The van der Waals surface area contributed by atoms with Crippen LogP contribution in [-0.4, -0.2) is 12.5 Å². The van der Waals surface area contributed by atoms with Crippen LogP contribution in [0, 0.1) is 11.3 Å². The van der Waals surface area contributed by atoms with Gasteiger partial charge in [0, 0.05) is 12.2 Å². The summed E-state index contributed by atoms with van der Waals surface area (Å²) in [4.78, 5) is 4.60. The Morgan fingerprint density at radius 2 is 2.00 bits per heavy atom. The van der Waals surface area contributed by atoms with Crippen LogP contribution in [0.2, 0.25) is 0 Å². The SMILES string of the molecule is NNC(=NCC1(C2CC2)CC1)Nc1ccccc1. The molecule has 96 valence electrons. The van der Waals surface area contributed by atoms with Gasteiger partial charge in [-0.3, -0.25) is 10.4 Å². The second kappa shape index (κ2) is 4.61. The monoisotopic (exact) mass is 244 g/mol. The number of anilines is 1. The smallest absolute Gasteiger partial charge is 0.210 e. The highest BCUT2D eigenvalue weighted by molar-refractivity contribution is 5.93. The average molecular weight is 244 g/mol. The molecule has 0 radical (unpaired) electrons. The molecule has 2 aliphatic rings. The maximum Gasteiger partial charge on any atom is 0.210 e. The summed E-state index contributed by atoms with van der Waals surface area (Å²) in [6, 6.07) is 9.97. The van der Waals surface area contributed by atoms with Gasteiger partial charge in [-0.05, 0) is 49.1 Å². The Kier molecular flexibility index (Phi) is 2.96. The predicted octanol–water partition coefficient (Wildman–Crippen LogP) is 2.11. The Morgan fingerprint density at radius 3 is 2.56 bits per heavy atom. The van der Waals surface area contributed by atoms with E-state index in [9.17, 15) is 0 Å². The van der Waals surface area contributed by atoms with Crippen molar-refractivity contribution >= 4 is 11.6 Å². The van der Waals surface area contributed by atoms with E-state index in [0.29, 0.717) is 11.4 Å². The van der Waals surface area contributed by atoms with Crippen molar-refractivity contribution < 1.29 is 0 Å². The van der Waals surface area contributed by atoms with Crippen LogP contribution < -0.4 is 16.6 Å². The minimum Gasteiger partial charge on any atom is -0.325 e. The van der Waals surface area contributed by atoms with Crippen molar-refractivity contribution in [2.75, 3.05) is 11.9 Å². The van der Waals surface area contributed by atoms with Gasteiger partial charge < -0.3 is 5.32 Å². The van der Waals surface area contributed by atoms with Gasteiger partial charge >= 0.3 is 0 Å². The van der Waals surface area contributed by atoms with Gasteiger partial charge in [-0.2, -0.15) is 0 Å². The molecule has 18 heavy (non-hydrogen) atoms. The van der Waals surface area contributed by atoms with E-state index in [0.717, 1.165) is 18.2 Å². The number of para-hydroxylation sites is 1. The minimum atomic E-state index is 0.514. The predicted molar refractivity (Wildman–Crippen MR) is 74.1 cm³/mol. The zero-order valence-electron chi connectivity index (χ0n) is 10.5. The summed E-state index contributed by atoms with van der Waals surface area (Å²) in [6.07, 6.45) is 5.47. The summed E-state index contributed by atoms with van der Waals surface area (Å²) < 4.78 is 0. The molecule has 0 amide bonds. The molecule has 2 fully saturated rings. The number of rotatable bonds is 4. The van der Waals surface area contributed by atoms with E-state index in [2.05, 4.69) is 15.7 Å². The van der Waals surface area contributed by atoms with Gasteiger partial charge in [-0.1, -0.05) is 18.2 Å². The lowest BCUT2D eigenvalue weighted by Crippen LogP contribution is -2.36. The van der Waals surface area contributed by atoms with Crippen LogP contribution in [-0.2, 0) is 0 Å². The molecule has 2 saturated carbocycles. The summed E-state index contributed by atoms with van der Waals surface area (Å²) in [5.74, 6) is 7.11. The van der Waals surface area contributed by atoms with Gasteiger partial charge in [0.05, 0.1) is 0 Å². The molecule has 1 aromatic carbocycles. The number of nitrogens with two attached hydrogens (primary N) is 1. The summed E-state index contributed by atoms with van der Waals surface area (Å²) in [6.45, 7) is 0.900. The van der Waals surface area contributed by atoms with E-state index in [1.807, 2.05) is 30.3 Å². The molecule has 0 atom stereocenters. The summed E-state index contributed by atoms with van der Waals surface area (Å²) in [5, 5.41) is 3.20. The number of hydrazine groups is 1. The number of guanidine groups is 1. The summed E-state index contributed by atoms with van der Waals surface area (Å²) in [5.41, 5.74) is 4.17. The minimum absolute atomic E-state index is 0.514. The Balaban J connectivity index is 1.61. The Hall–Kier alpha value is -1.55. The lowest BCUT2D eigenvalue weighted by molar-refractivity contribution is 0.453. The van der Waals surface area contributed by atoms with Crippen LogP contribution in [0.5, 0.6) is 0 Å². The van der Waals surface area contributed by atoms with Crippen molar-refractivity contribution in [3.63, 3.8) is 0 Å². The van der Waals surface area contributed by atoms with E-state index in [1.165, 1.54) is 25.7 Å². The Bertz CT molecular complexity index is 432. The third kappa shape index (κ3) is 2.48. The molecule has 4 nitrogen and oxygen atoms in total. The number of nitrogens with one attached hydrogen (secondary N) is 2. The first kappa shape index (κ1) is 11.5. The summed E-state index contributed by atoms with van der Waals surface area (Å²) in [7, 11) is 0. The molecule has 4 heteroatoms. The van der Waals surface area contributed by atoms with Crippen LogP contribution in [0.1, 0.15) is 25.7 Å². The highest BCUT2D eigenvalue weighted by atomic mass is 15.3. The third-order valence-corrected chi connectivity index (χ3v) is 4.06. The lowest BCUT2D eigenvalue weighted by atomic mass is 10.0.